The predicted molar refractivity (Wildman–Crippen MR) is 42.1 cm³/mol. The van der Waals surface area contributed by atoms with Crippen molar-refractivity contribution in [2.75, 3.05) is 0 Å². The molecule has 0 saturated carbocycles. The maximum atomic E-state index is 12.7. The number of hydrogen-bond acceptors (Lipinski definition) is 0. The Morgan fingerprint density at radius 1 is 1.55 bits per heavy atom. The fourth-order valence-electron chi connectivity index (χ4n) is 0.568. The molecular weight excluding hydrogens is 146 g/mol. The summed E-state index contributed by atoms with van der Waals surface area (Å²) < 4.78 is 25.3. The Labute approximate surface area is 65.6 Å². The van der Waals surface area contributed by atoms with E-state index in [2.05, 4.69) is 5.92 Å². The van der Waals surface area contributed by atoms with E-state index in [0.717, 1.165) is 0 Å². The zero-order chi connectivity index (χ0) is 8.85. The van der Waals surface area contributed by atoms with Gasteiger partial charge >= 0.3 is 0 Å². The van der Waals surface area contributed by atoms with E-state index in [1.807, 2.05) is 0 Å². The normalized spacial score (nSPS) is 13.9. The molecule has 0 aromatic carbocycles. The van der Waals surface area contributed by atoms with Crippen molar-refractivity contribution in [3.05, 3.63) is 23.3 Å². The van der Waals surface area contributed by atoms with Crippen LogP contribution >= 0.6 is 0 Å². The van der Waals surface area contributed by atoms with E-state index >= 15 is 0 Å². The third-order valence-electron chi connectivity index (χ3n) is 1.28. The molecular formula is C9H10F2. The highest BCUT2D eigenvalue weighted by Crippen LogP contribution is 2.18. The van der Waals surface area contributed by atoms with Gasteiger partial charge in [-0.2, -0.15) is 0 Å². The van der Waals surface area contributed by atoms with E-state index in [-0.39, 0.29) is 12.0 Å². The van der Waals surface area contributed by atoms with Gasteiger partial charge in [0, 0.05) is 5.57 Å². The first-order valence-electron chi connectivity index (χ1n) is 3.24. The summed E-state index contributed by atoms with van der Waals surface area (Å²) in [6.07, 6.45) is 5.90. The zero-order valence-electron chi connectivity index (χ0n) is 6.62. The molecule has 0 bridgehead atoms. The summed E-state index contributed by atoms with van der Waals surface area (Å²) in [5.41, 5.74) is -0.00884. The topological polar surface area (TPSA) is 0 Å². The Balaban J connectivity index is 4.55. The Hall–Kier alpha value is -1.10. The smallest absolute Gasteiger partial charge is 0.124 e. The first-order valence-corrected chi connectivity index (χ1v) is 3.24. The van der Waals surface area contributed by atoms with Gasteiger partial charge in [-0.05, 0) is 13.8 Å². The number of halogens is 2. The molecule has 2 heteroatoms. The van der Waals surface area contributed by atoms with Gasteiger partial charge in [-0.25, -0.2) is 8.78 Å². The highest BCUT2D eigenvalue weighted by Gasteiger charge is 2.03. The van der Waals surface area contributed by atoms with Crippen molar-refractivity contribution in [1.82, 2.24) is 0 Å². The van der Waals surface area contributed by atoms with Crippen molar-refractivity contribution < 1.29 is 8.78 Å². The quantitative estimate of drug-likeness (QED) is 0.425. The second-order valence-electron chi connectivity index (χ2n) is 2.05. The van der Waals surface area contributed by atoms with Gasteiger partial charge in [0.15, 0.2) is 0 Å². The highest BCUT2D eigenvalue weighted by atomic mass is 19.1. The lowest BCUT2D eigenvalue weighted by atomic mass is 10.2. The van der Waals surface area contributed by atoms with Crippen LogP contribution in [0.2, 0.25) is 0 Å². The molecule has 0 spiro atoms. The Kier molecular flexibility index (Phi) is 4.21. The van der Waals surface area contributed by atoms with Crippen LogP contribution in [-0.2, 0) is 0 Å². The molecule has 0 aromatic heterocycles. The van der Waals surface area contributed by atoms with Crippen molar-refractivity contribution in [2.24, 2.45) is 0 Å². The molecule has 0 aliphatic heterocycles. The van der Waals surface area contributed by atoms with Crippen LogP contribution in [0.1, 0.15) is 20.3 Å². The second-order valence-corrected chi connectivity index (χ2v) is 2.05. The summed E-state index contributed by atoms with van der Waals surface area (Å²) in [5, 5.41) is 0. The number of terminal acetylenes is 1. The minimum absolute atomic E-state index is 0.00884. The fourth-order valence-corrected chi connectivity index (χ4v) is 0.568. The summed E-state index contributed by atoms with van der Waals surface area (Å²) in [4.78, 5) is 0. The molecule has 0 aromatic rings. The summed E-state index contributed by atoms with van der Waals surface area (Å²) in [7, 11) is 0. The lowest BCUT2D eigenvalue weighted by Crippen LogP contribution is -1.82. The molecule has 0 fully saturated rings. The minimum atomic E-state index is -0.580. The SMILES string of the molecule is C#CC/C(F)=C(C)\C(F)=C/C. The number of rotatable bonds is 2. The standard InChI is InChI=1S/C9H10F2/c1-4-6-9(11)7(3)8(10)5-2/h1,5H,6H2,2-3H3/b8-5+,9-7+. The fraction of sp³-hybridized carbons (Fsp3) is 0.333. The van der Waals surface area contributed by atoms with Crippen molar-refractivity contribution >= 4 is 0 Å². The highest BCUT2D eigenvalue weighted by molar-refractivity contribution is 5.27. The van der Waals surface area contributed by atoms with E-state index in [0.29, 0.717) is 0 Å². The maximum Gasteiger partial charge on any atom is 0.124 e. The van der Waals surface area contributed by atoms with Crippen molar-refractivity contribution in [3.8, 4) is 12.3 Å². The van der Waals surface area contributed by atoms with Crippen molar-refractivity contribution in [1.29, 1.82) is 0 Å². The average molecular weight is 156 g/mol. The lowest BCUT2D eigenvalue weighted by Gasteiger charge is -1.97. The molecule has 0 radical (unpaired) electrons. The van der Waals surface area contributed by atoms with Crippen LogP contribution in [0.5, 0.6) is 0 Å². The molecule has 11 heavy (non-hydrogen) atoms. The average Bonchev–Trinajstić information content (AvgIpc) is 2.02. The van der Waals surface area contributed by atoms with Gasteiger partial charge in [0.25, 0.3) is 0 Å². The minimum Gasteiger partial charge on any atom is -0.210 e. The molecule has 0 nitrogen and oxygen atoms in total. The number of hydrogen-bond donors (Lipinski definition) is 0. The van der Waals surface area contributed by atoms with E-state index < -0.39 is 11.7 Å². The van der Waals surface area contributed by atoms with Crippen molar-refractivity contribution in [2.45, 2.75) is 20.3 Å². The Bertz CT molecular complexity index is 228. The van der Waals surface area contributed by atoms with Gasteiger partial charge in [0.05, 0.1) is 6.42 Å². The molecule has 0 rings (SSSR count). The van der Waals surface area contributed by atoms with Crippen LogP contribution in [-0.4, -0.2) is 0 Å². The van der Waals surface area contributed by atoms with Crippen LogP contribution in [0, 0.1) is 12.3 Å². The van der Waals surface area contributed by atoms with Gasteiger partial charge in [0.2, 0.25) is 0 Å². The van der Waals surface area contributed by atoms with Crippen LogP contribution in [0.3, 0.4) is 0 Å². The molecule has 0 aliphatic rings. The molecule has 60 valence electrons. The molecule has 0 aliphatic carbocycles. The van der Waals surface area contributed by atoms with Crippen molar-refractivity contribution in [3.63, 3.8) is 0 Å². The third-order valence-corrected chi connectivity index (χ3v) is 1.28. The Morgan fingerprint density at radius 2 is 2.09 bits per heavy atom. The first-order chi connectivity index (χ1) is 5.13. The summed E-state index contributed by atoms with van der Waals surface area (Å²) in [6, 6.07) is 0. The van der Waals surface area contributed by atoms with Gasteiger partial charge in [-0.3, -0.25) is 0 Å². The zero-order valence-corrected chi connectivity index (χ0v) is 6.62. The molecule has 0 unspecified atom stereocenters. The maximum absolute atomic E-state index is 12.7. The molecule has 0 N–H and O–H groups in total. The monoisotopic (exact) mass is 156 g/mol. The summed E-state index contributed by atoms with van der Waals surface area (Å²) in [6.45, 7) is 2.87. The van der Waals surface area contributed by atoms with Crippen LogP contribution in [0.15, 0.2) is 23.3 Å². The van der Waals surface area contributed by atoms with E-state index in [4.69, 9.17) is 6.42 Å². The summed E-state index contributed by atoms with van der Waals surface area (Å²) >= 11 is 0. The van der Waals surface area contributed by atoms with Gasteiger partial charge < -0.3 is 0 Å². The number of allylic oxidation sites excluding steroid dienone is 4. The molecule has 0 heterocycles. The van der Waals surface area contributed by atoms with Crippen LogP contribution in [0.4, 0.5) is 8.78 Å². The predicted octanol–water partition coefficient (Wildman–Crippen LogP) is 3.13. The third kappa shape index (κ3) is 2.99. The molecule has 0 amide bonds. The van der Waals surface area contributed by atoms with Gasteiger partial charge in [-0.15, -0.1) is 6.42 Å². The van der Waals surface area contributed by atoms with E-state index in [1.165, 1.54) is 19.9 Å². The largest absolute Gasteiger partial charge is 0.210 e. The van der Waals surface area contributed by atoms with Crippen LogP contribution in [0.25, 0.3) is 0 Å². The van der Waals surface area contributed by atoms with E-state index in [9.17, 15) is 8.78 Å². The Morgan fingerprint density at radius 3 is 2.45 bits per heavy atom. The second kappa shape index (κ2) is 4.68. The van der Waals surface area contributed by atoms with Gasteiger partial charge in [-0.1, -0.05) is 12.0 Å². The first kappa shape index (κ1) is 9.90. The van der Waals surface area contributed by atoms with E-state index in [1.54, 1.807) is 0 Å². The summed E-state index contributed by atoms with van der Waals surface area (Å²) in [5.74, 6) is 0.962. The lowest BCUT2D eigenvalue weighted by molar-refractivity contribution is 0.582. The molecule has 0 atom stereocenters. The molecule has 0 saturated heterocycles. The van der Waals surface area contributed by atoms with Crippen LogP contribution < -0.4 is 0 Å². The van der Waals surface area contributed by atoms with Gasteiger partial charge in [0.1, 0.15) is 11.7 Å².